The molecule has 0 aliphatic heterocycles. The van der Waals surface area contributed by atoms with Crippen LogP contribution in [0.1, 0.15) is 5.76 Å². The number of halogens is 1. The Morgan fingerprint density at radius 2 is 2.03 bits per heavy atom. The summed E-state index contributed by atoms with van der Waals surface area (Å²) >= 11 is 6.03. The Hall–Kier alpha value is -4.44. The first-order valence-corrected chi connectivity index (χ1v) is 10.2. The number of fused-ring (bicyclic) bond motifs is 1. The van der Waals surface area contributed by atoms with Gasteiger partial charge in [0.05, 0.1) is 17.2 Å². The summed E-state index contributed by atoms with van der Waals surface area (Å²) in [5, 5.41) is 12.0. The Bertz CT molecular complexity index is 1480. The molecule has 3 heterocycles. The lowest BCUT2D eigenvalue weighted by molar-refractivity contribution is -0.121. The van der Waals surface area contributed by atoms with Gasteiger partial charge >= 0.3 is 0 Å². The average Bonchev–Trinajstić information content (AvgIpc) is 3.53. The molecule has 0 fully saturated rings. The van der Waals surface area contributed by atoms with Gasteiger partial charge in [-0.2, -0.15) is 5.10 Å². The molecular weight excluding hydrogens is 446 g/mol. The van der Waals surface area contributed by atoms with Crippen LogP contribution in [0.2, 0.25) is 5.02 Å². The first-order chi connectivity index (χ1) is 16.1. The molecule has 0 saturated carbocycles. The molecule has 3 N–H and O–H groups in total. The van der Waals surface area contributed by atoms with E-state index in [1.54, 1.807) is 28.8 Å². The van der Waals surface area contributed by atoms with Gasteiger partial charge in [-0.05, 0) is 46.7 Å². The van der Waals surface area contributed by atoms with E-state index in [9.17, 15) is 4.79 Å². The lowest BCUT2D eigenvalue weighted by Gasteiger charge is -2.06. The van der Waals surface area contributed by atoms with Crippen molar-refractivity contribution in [1.29, 1.82) is 0 Å². The number of nitrogen functional groups attached to an aromatic ring is 1. The predicted octanol–water partition coefficient (Wildman–Crippen LogP) is 3.73. The second-order valence-corrected chi connectivity index (χ2v) is 7.45. The van der Waals surface area contributed by atoms with Gasteiger partial charge in [-0.1, -0.05) is 35.9 Å². The number of hydrogen-bond acceptors (Lipinski definition) is 8. The van der Waals surface area contributed by atoms with Crippen molar-refractivity contribution in [3.05, 3.63) is 71.4 Å². The monoisotopic (exact) mass is 461 g/mol. The number of nitrogens with one attached hydrogen (secondary N) is 1. The highest BCUT2D eigenvalue weighted by atomic mass is 35.5. The minimum atomic E-state index is -0.382. The summed E-state index contributed by atoms with van der Waals surface area (Å²) in [6.45, 7) is -0.0780. The number of rotatable bonds is 6. The largest absolute Gasteiger partial charge is 0.455 e. The van der Waals surface area contributed by atoms with Gasteiger partial charge in [0.2, 0.25) is 0 Å². The van der Waals surface area contributed by atoms with E-state index in [0.29, 0.717) is 27.9 Å². The van der Waals surface area contributed by atoms with Crippen molar-refractivity contribution in [2.45, 2.75) is 6.54 Å². The van der Waals surface area contributed by atoms with E-state index in [0.717, 1.165) is 11.1 Å². The highest BCUT2D eigenvalue weighted by molar-refractivity contribution is 6.30. The van der Waals surface area contributed by atoms with E-state index in [1.165, 1.54) is 6.21 Å². The normalized spacial score (nSPS) is 11.4. The molecule has 33 heavy (non-hydrogen) atoms. The second kappa shape index (κ2) is 8.60. The van der Waals surface area contributed by atoms with Crippen LogP contribution in [0.4, 0.5) is 5.82 Å². The number of carbonyl (C=O) groups excluding carboxylic acids is 1. The maximum absolute atomic E-state index is 12.6. The number of carbonyl (C=O) groups is 1. The molecule has 11 heteroatoms. The number of amides is 1. The molecular formula is C22H16ClN7O3. The van der Waals surface area contributed by atoms with Gasteiger partial charge in [0.1, 0.15) is 18.1 Å². The number of hydrogen-bond donors (Lipinski definition) is 2. The minimum absolute atomic E-state index is 0.0780. The molecule has 2 aromatic carbocycles. The number of benzene rings is 2. The van der Waals surface area contributed by atoms with Crippen molar-refractivity contribution < 1.29 is 13.8 Å². The molecule has 0 radical (unpaired) electrons. The van der Waals surface area contributed by atoms with Crippen LogP contribution in [-0.4, -0.2) is 32.0 Å². The number of imidazole rings is 1. The van der Waals surface area contributed by atoms with Crippen molar-refractivity contribution in [1.82, 2.24) is 25.3 Å². The Kier molecular flexibility index (Phi) is 5.33. The molecule has 1 amide bonds. The predicted molar refractivity (Wildman–Crippen MR) is 122 cm³/mol. The third-order valence-corrected chi connectivity index (χ3v) is 5.03. The van der Waals surface area contributed by atoms with Crippen LogP contribution in [-0.2, 0) is 11.3 Å². The molecule has 0 spiro atoms. The third kappa shape index (κ3) is 4.19. The number of nitrogens with zero attached hydrogens (tertiary/aromatic N) is 5. The summed E-state index contributed by atoms with van der Waals surface area (Å²) in [6, 6.07) is 18.2. The van der Waals surface area contributed by atoms with E-state index in [4.69, 9.17) is 21.8 Å². The summed E-state index contributed by atoms with van der Waals surface area (Å²) in [6.07, 6.45) is 1.42. The molecule has 5 rings (SSSR count). The fourth-order valence-corrected chi connectivity index (χ4v) is 3.52. The zero-order valence-corrected chi connectivity index (χ0v) is 17.7. The second-order valence-electron chi connectivity index (χ2n) is 7.01. The van der Waals surface area contributed by atoms with Crippen LogP contribution in [0.25, 0.3) is 33.9 Å². The van der Waals surface area contributed by atoms with Gasteiger partial charge in [0.15, 0.2) is 17.3 Å². The fraction of sp³-hybridized carbons (Fsp3) is 0.0455. The Labute approximate surface area is 191 Å². The van der Waals surface area contributed by atoms with Crippen LogP contribution in [0.5, 0.6) is 0 Å². The zero-order valence-electron chi connectivity index (χ0n) is 17.0. The standard InChI is InChI=1S/C22H16ClN7O3/c23-14-5-3-4-13(10-14)18-9-8-15(32-18)11-25-27-19(31)12-30-17-7-2-1-6-16(17)26-22(30)20-21(24)29-33-28-20/h1-11H,12H2,(H2,24,29)(H,27,31)/b25-11+. The van der Waals surface area contributed by atoms with Crippen LogP contribution in [0.3, 0.4) is 0 Å². The van der Waals surface area contributed by atoms with Crippen molar-refractivity contribution >= 4 is 40.6 Å². The lowest BCUT2D eigenvalue weighted by Crippen LogP contribution is -2.23. The van der Waals surface area contributed by atoms with Crippen LogP contribution < -0.4 is 11.2 Å². The SMILES string of the molecule is Nc1nonc1-c1nc2ccccc2n1CC(=O)N/N=C/c1ccc(-c2cccc(Cl)c2)o1. The van der Waals surface area contributed by atoms with E-state index < -0.39 is 0 Å². The summed E-state index contributed by atoms with van der Waals surface area (Å²) in [5.74, 6) is 1.18. The van der Waals surface area contributed by atoms with Crippen molar-refractivity contribution in [3.63, 3.8) is 0 Å². The molecule has 0 saturated heterocycles. The molecule has 0 bridgehead atoms. The smallest absolute Gasteiger partial charge is 0.260 e. The summed E-state index contributed by atoms with van der Waals surface area (Å²) in [5.41, 5.74) is 10.8. The maximum Gasteiger partial charge on any atom is 0.260 e. The molecule has 0 aliphatic rings. The van der Waals surface area contributed by atoms with Gasteiger partial charge in [0.25, 0.3) is 5.91 Å². The van der Waals surface area contributed by atoms with E-state index in [1.807, 2.05) is 36.4 Å². The highest BCUT2D eigenvalue weighted by Gasteiger charge is 2.20. The Balaban J connectivity index is 1.32. The number of anilines is 1. The molecule has 0 aliphatic carbocycles. The number of para-hydroxylation sites is 2. The topological polar surface area (TPSA) is 137 Å². The first-order valence-electron chi connectivity index (χ1n) is 9.80. The quantitative estimate of drug-likeness (QED) is 0.290. The third-order valence-electron chi connectivity index (χ3n) is 4.80. The average molecular weight is 462 g/mol. The molecule has 10 nitrogen and oxygen atoms in total. The number of nitrogens with two attached hydrogens (primary N) is 1. The molecule has 164 valence electrons. The van der Waals surface area contributed by atoms with Crippen LogP contribution in [0.15, 0.2) is 74.8 Å². The highest BCUT2D eigenvalue weighted by Crippen LogP contribution is 2.26. The lowest BCUT2D eigenvalue weighted by atomic mass is 10.2. The maximum atomic E-state index is 12.6. The van der Waals surface area contributed by atoms with E-state index >= 15 is 0 Å². The van der Waals surface area contributed by atoms with Crippen LogP contribution in [0, 0.1) is 0 Å². The summed E-state index contributed by atoms with van der Waals surface area (Å²) in [4.78, 5) is 17.1. The van der Waals surface area contributed by atoms with Gasteiger partial charge in [-0.3, -0.25) is 4.79 Å². The first kappa shape index (κ1) is 20.5. The molecule has 0 unspecified atom stereocenters. The summed E-state index contributed by atoms with van der Waals surface area (Å²) in [7, 11) is 0. The number of aromatic nitrogens is 4. The number of hydrazone groups is 1. The van der Waals surface area contributed by atoms with E-state index in [-0.39, 0.29) is 24.0 Å². The van der Waals surface area contributed by atoms with Gasteiger partial charge in [0, 0.05) is 10.6 Å². The van der Waals surface area contributed by atoms with E-state index in [2.05, 4.69) is 30.5 Å². The van der Waals surface area contributed by atoms with Gasteiger partial charge < -0.3 is 14.7 Å². The molecule has 0 atom stereocenters. The summed E-state index contributed by atoms with van der Waals surface area (Å²) < 4.78 is 12.1. The fourth-order valence-electron chi connectivity index (χ4n) is 3.33. The molecule has 5 aromatic rings. The van der Waals surface area contributed by atoms with Gasteiger partial charge in [-0.25, -0.2) is 15.0 Å². The molecule has 3 aromatic heterocycles. The van der Waals surface area contributed by atoms with Crippen LogP contribution >= 0.6 is 11.6 Å². The van der Waals surface area contributed by atoms with Gasteiger partial charge in [-0.15, -0.1) is 0 Å². The minimum Gasteiger partial charge on any atom is -0.455 e. The Morgan fingerprint density at radius 1 is 1.15 bits per heavy atom. The zero-order chi connectivity index (χ0) is 22.8. The Morgan fingerprint density at radius 3 is 2.85 bits per heavy atom. The van der Waals surface area contributed by atoms with Crippen molar-refractivity contribution in [2.75, 3.05) is 5.73 Å². The van der Waals surface area contributed by atoms with Crippen molar-refractivity contribution in [2.24, 2.45) is 5.10 Å². The number of furan rings is 1. The van der Waals surface area contributed by atoms with Crippen molar-refractivity contribution in [3.8, 4) is 22.8 Å².